The molecule has 1 aliphatic heterocycles. The predicted molar refractivity (Wildman–Crippen MR) is 80.0 cm³/mol. The first kappa shape index (κ1) is 13.1. The van der Waals surface area contributed by atoms with E-state index < -0.39 is 0 Å². The number of hydrogen-bond donors (Lipinski definition) is 0. The molecule has 21 heavy (non-hydrogen) atoms. The number of amides is 1. The Hall–Kier alpha value is -1.64. The molecule has 110 valence electrons. The average Bonchev–Trinajstić information content (AvgIpc) is 3.08. The molecule has 0 bridgehead atoms. The van der Waals surface area contributed by atoms with E-state index in [4.69, 9.17) is 0 Å². The first-order valence-electron chi connectivity index (χ1n) is 8.16. The molecule has 1 heterocycles. The molecule has 3 nitrogen and oxygen atoms in total. The van der Waals surface area contributed by atoms with Crippen molar-refractivity contribution in [1.29, 1.82) is 0 Å². The van der Waals surface area contributed by atoms with Crippen LogP contribution in [0.1, 0.15) is 49.1 Å². The Bertz CT molecular complexity index is 595. The van der Waals surface area contributed by atoms with E-state index in [9.17, 15) is 9.59 Å². The van der Waals surface area contributed by atoms with E-state index in [-0.39, 0.29) is 23.8 Å². The fourth-order valence-corrected chi connectivity index (χ4v) is 4.41. The average molecular weight is 283 g/mol. The van der Waals surface area contributed by atoms with Gasteiger partial charge in [0.2, 0.25) is 5.91 Å². The van der Waals surface area contributed by atoms with Crippen LogP contribution in [0.2, 0.25) is 0 Å². The van der Waals surface area contributed by atoms with Gasteiger partial charge in [0.1, 0.15) is 5.78 Å². The normalized spacial score (nSPS) is 31.1. The van der Waals surface area contributed by atoms with Crippen molar-refractivity contribution in [3.8, 4) is 0 Å². The fourth-order valence-electron chi connectivity index (χ4n) is 4.41. The number of rotatable bonds is 2. The van der Waals surface area contributed by atoms with Gasteiger partial charge in [-0.1, -0.05) is 24.3 Å². The Balaban J connectivity index is 1.53. The lowest BCUT2D eigenvalue weighted by molar-refractivity contribution is -0.136. The summed E-state index contributed by atoms with van der Waals surface area (Å²) in [5, 5.41) is 0. The lowest BCUT2D eigenvalue weighted by atomic mass is 9.76. The summed E-state index contributed by atoms with van der Waals surface area (Å²) in [6.07, 6.45) is 5.64. The van der Waals surface area contributed by atoms with E-state index in [1.165, 1.54) is 11.1 Å². The number of benzene rings is 1. The van der Waals surface area contributed by atoms with Crippen LogP contribution in [0.3, 0.4) is 0 Å². The molecule has 0 N–H and O–H groups in total. The predicted octanol–water partition coefficient (Wildman–Crippen LogP) is 2.69. The van der Waals surface area contributed by atoms with Crippen LogP contribution in [0, 0.1) is 5.92 Å². The molecule has 0 radical (unpaired) electrons. The van der Waals surface area contributed by atoms with Crippen molar-refractivity contribution in [2.45, 2.75) is 50.5 Å². The highest BCUT2D eigenvalue weighted by Crippen LogP contribution is 2.40. The summed E-state index contributed by atoms with van der Waals surface area (Å²) in [6.45, 7) is 0.839. The van der Waals surface area contributed by atoms with Gasteiger partial charge in [-0.15, -0.1) is 0 Å². The van der Waals surface area contributed by atoms with Crippen LogP contribution in [0.15, 0.2) is 24.3 Å². The van der Waals surface area contributed by atoms with E-state index in [0.29, 0.717) is 5.78 Å². The molecule has 2 aliphatic carbocycles. The van der Waals surface area contributed by atoms with Crippen molar-refractivity contribution >= 4 is 11.7 Å². The van der Waals surface area contributed by atoms with Crippen molar-refractivity contribution in [3.05, 3.63) is 35.4 Å². The zero-order valence-corrected chi connectivity index (χ0v) is 12.3. The second kappa shape index (κ2) is 4.97. The molecule has 1 aromatic carbocycles. The molecule has 3 unspecified atom stereocenters. The standard InChI is InChI=1S/C18H21NO2/c20-17-9-3-7-14(17)16-8-4-10-19(16)18(21)15-11-12-5-1-2-6-13(12)15/h1-2,5-6,14-16H,3-4,7-11H2. The summed E-state index contributed by atoms with van der Waals surface area (Å²) in [5.41, 5.74) is 2.51. The van der Waals surface area contributed by atoms with E-state index in [1.807, 2.05) is 17.0 Å². The number of carbonyl (C=O) groups excluding carboxylic acids is 2. The number of nitrogens with zero attached hydrogens (tertiary/aromatic N) is 1. The molecule has 1 amide bonds. The summed E-state index contributed by atoms with van der Waals surface area (Å²) in [6, 6.07) is 8.42. The van der Waals surface area contributed by atoms with Crippen LogP contribution >= 0.6 is 0 Å². The van der Waals surface area contributed by atoms with E-state index in [0.717, 1.165) is 45.1 Å². The van der Waals surface area contributed by atoms with E-state index in [1.54, 1.807) is 0 Å². The Morgan fingerprint density at radius 3 is 2.76 bits per heavy atom. The summed E-state index contributed by atoms with van der Waals surface area (Å²) in [4.78, 5) is 27.0. The lowest BCUT2D eigenvalue weighted by Crippen LogP contribution is -2.45. The molecule has 1 aromatic rings. The molecular formula is C18H21NO2. The van der Waals surface area contributed by atoms with Gasteiger partial charge in [0, 0.05) is 24.9 Å². The van der Waals surface area contributed by atoms with Crippen LogP contribution in [0.5, 0.6) is 0 Å². The highest BCUT2D eigenvalue weighted by atomic mass is 16.2. The maximum absolute atomic E-state index is 12.9. The second-order valence-electron chi connectivity index (χ2n) is 6.66. The van der Waals surface area contributed by atoms with Gasteiger partial charge in [-0.2, -0.15) is 0 Å². The van der Waals surface area contributed by atoms with Crippen LogP contribution in [-0.4, -0.2) is 29.2 Å². The van der Waals surface area contributed by atoms with Crippen molar-refractivity contribution in [3.63, 3.8) is 0 Å². The minimum absolute atomic E-state index is 0.0401. The quantitative estimate of drug-likeness (QED) is 0.837. The smallest absolute Gasteiger partial charge is 0.230 e. The first-order valence-corrected chi connectivity index (χ1v) is 8.16. The monoisotopic (exact) mass is 283 g/mol. The second-order valence-corrected chi connectivity index (χ2v) is 6.66. The summed E-state index contributed by atoms with van der Waals surface area (Å²) in [5.74, 6) is 0.801. The molecule has 1 saturated carbocycles. The molecule has 3 atom stereocenters. The first-order chi connectivity index (χ1) is 10.3. The largest absolute Gasteiger partial charge is 0.338 e. The van der Waals surface area contributed by atoms with Crippen LogP contribution < -0.4 is 0 Å². The number of Topliss-reactive ketones (excluding diaryl/α,β-unsaturated/α-hetero) is 1. The lowest BCUT2D eigenvalue weighted by Gasteiger charge is -2.36. The number of fused-ring (bicyclic) bond motifs is 1. The van der Waals surface area contributed by atoms with Gasteiger partial charge in [0.25, 0.3) is 0 Å². The van der Waals surface area contributed by atoms with Crippen LogP contribution in [0.25, 0.3) is 0 Å². The zero-order chi connectivity index (χ0) is 14.4. The van der Waals surface area contributed by atoms with Gasteiger partial charge in [-0.05, 0) is 43.2 Å². The van der Waals surface area contributed by atoms with Gasteiger partial charge in [0.15, 0.2) is 0 Å². The van der Waals surface area contributed by atoms with Crippen molar-refractivity contribution in [1.82, 2.24) is 4.90 Å². The van der Waals surface area contributed by atoms with Gasteiger partial charge >= 0.3 is 0 Å². The van der Waals surface area contributed by atoms with Crippen molar-refractivity contribution < 1.29 is 9.59 Å². The molecular weight excluding hydrogens is 262 g/mol. The Morgan fingerprint density at radius 1 is 1.14 bits per heavy atom. The molecule has 3 heteroatoms. The Morgan fingerprint density at radius 2 is 2.00 bits per heavy atom. The maximum Gasteiger partial charge on any atom is 0.230 e. The number of ketones is 1. The number of carbonyl (C=O) groups is 2. The number of hydrogen-bond acceptors (Lipinski definition) is 2. The third-order valence-corrected chi connectivity index (χ3v) is 5.55. The third-order valence-electron chi connectivity index (χ3n) is 5.55. The minimum Gasteiger partial charge on any atom is -0.338 e. The molecule has 0 aromatic heterocycles. The van der Waals surface area contributed by atoms with Crippen molar-refractivity contribution in [2.75, 3.05) is 6.54 Å². The SMILES string of the molecule is O=C1CCCC1C1CCCN1C(=O)C1Cc2ccccc21. The molecule has 4 rings (SSSR count). The maximum atomic E-state index is 12.9. The van der Waals surface area contributed by atoms with E-state index in [2.05, 4.69) is 12.1 Å². The fraction of sp³-hybridized carbons (Fsp3) is 0.556. The van der Waals surface area contributed by atoms with Gasteiger partial charge < -0.3 is 4.90 Å². The summed E-state index contributed by atoms with van der Waals surface area (Å²) in [7, 11) is 0. The Kier molecular flexibility index (Phi) is 3.09. The highest BCUT2D eigenvalue weighted by molar-refractivity contribution is 5.89. The zero-order valence-electron chi connectivity index (χ0n) is 12.3. The van der Waals surface area contributed by atoms with Crippen LogP contribution in [-0.2, 0) is 16.0 Å². The minimum atomic E-state index is 0.0401. The van der Waals surface area contributed by atoms with E-state index >= 15 is 0 Å². The Labute approximate surface area is 125 Å². The molecule has 0 spiro atoms. The third kappa shape index (κ3) is 2.02. The summed E-state index contributed by atoms with van der Waals surface area (Å²) < 4.78 is 0. The topological polar surface area (TPSA) is 37.4 Å². The molecule has 2 fully saturated rings. The number of likely N-dealkylation sites (tertiary alicyclic amines) is 1. The van der Waals surface area contributed by atoms with Gasteiger partial charge in [0.05, 0.1) is 5.92 Å². The molecule has 3 aliphatic rings. The van der Waals surface area contributed by atoms with Gasteiger partial charge in [-0.25, -0.2) is 0 Å². The summed E-state index contributed by atoms with van der Waals surface area (Å²) >= 11 is 0. The molecule has 1 saturated heterocycles. The highest BCUT2D eigenvalue weighted by Gasteiger charge is 2.43. The van der Waals surface area contributed by atoms with Gasteiger partial charge in [-0.3, -0.25) is 9.59 Å². The van der Waals surface area contributed by atoms with Crippen molar-refractivity contribution in [2.24, 2.45) is 5.92 Å². The van der Waals surface area contributed by atoms with Crippen LogP contribution in [0.4, 0.5) is 0 Å².